The monoisotopic (exact) mass is 235 g/mol. The van der Waals surface area contributed by atoms with Crippen molar-refractivity contribution in [2.75, 3.05) is 20.1 Å². The van der Waals surface area contributed by atoms with Gasteiger partial charge in [0, 0.05) is 13.1 Å². The van der Waals surface area contributed by atoms with E-state index in [2.05, 4.69) is 10.0 Å². The summed E-state index contributed by atoms with van der Waals surface area (Å²) in [5.74, 6) is 0. The molecule has 0 aromatic rings. The summed E-state index contributed by atoms with van der Waals surface area (Å²) in [5.41, 5.74) is 0. The minimum atomic E-state index is -3.30. The van der Waals surface area contributed by atoms with Crippen LogP contribution in [0, 0.1) is 0 Å². The first-order valence-corrected chi connectivity index (χ1v) is 6.95. The zero-order valence-corrected chi connectivity index (χ0v) is 10.3. The van der Waals surface area contributed by atoms with Gasteiger partial charge < -0.3 is 5.32 Å². The third-order valence-corrected chi connectivity index (χ3v) is 4.36. The smallest absolute Gasteiger partial charge is 0.280 e. The highest BCUT2D eigenvalue weighted by Gasteiger charge is 2.23. The van der Waals surface area contributed by atoms with Gasteiger partial charge in [0.25, 0.3) is 10.2 Å². The minimum Gasteiger partial charge on any atom is -0.304 e. The maximum Gasteiger partial charge on any atom is 0.280 e. The molecule has 6 heteroatoms. The van der Waals surface area contributed by atoms with Crippen molar-refractivity contribution in [3.8, 4) is 0 Å². The minimum absolute atomic E-state index is 0.224. The molecule has 2 N–H and O–H groups in total. The summed E-state index contributed by atoms with van der Waals surface area (Å²) in [6, 6.07) is 0. The fourth-order valence-corrected chi connectivity index (χ4v) is 3.09. The van der Waals surface area contributed by atoms with Crippen LogP contribution in [-0.4, -0.2) is 39.0 Å². The first-order chi connectivity index (χ1) is 7.06. The molecular weight excluding hydrogens is 214 g/mol. The predicted molar refractivity (Wildman–Crippen MR) is 60.6 cm³/mol. The van der Waals surface area contributed by atoms with Gasteiger partial charge in [-0.25, -0.2) is 0 Å². The molecule has 1 rings (SSSR count). The van der Waals surface area contributed by atoms with E-state index in [9.17, 15) is 8.42 Å². The van der Waals surface area contributed by atoms with Crippen LogP contribution in [0.3, 0.4) is 0 Å². The van der Waals surface area contributed by atoms with Gasteiger partial charge in [0.1, 0.15) is 0 Å². The lowest BCUT2D eigenvalue weighted by molar-refractivity contribution is 0.404. The van der Waals surface area contributed by atoms with Gasteiger partial charge >= 0.3 is 0 Å². The average Bonchev–Trinajstić information content (AvgIpc) is 2.45. The number of nitrogens with zero attached hydrogens (tertiary/aromatic N) is 1. The molecule has 0 spiro atoms. The van der Waals surface area contributed by atoms with Crippen LogP contribution < -0.4 is 10.0 Å². The Labute approximate surface area is 92.4 Å². The standard InChI is InChI=1S/C9H21N3O2S/c1-9(10-2)11-15(13,14)12-7-5-3-4-6-8-12/h9-11H,3-8H2,1-2H3. The van der Waals surface area contributed by atoms with Gasteiger partial charge in [0.15, 0.2) is 0 Å². The Balaban J connectivity index is 2.58. The lowest BCUT2D eigenvalue weighted by atomic mass is 10.2. The second-order valence-electron chi connectivity index (χ2n) is 3.95. The largest absolute Gasteiger partial charge is 0.304 e. The van der Waals surface area contributed by atoms with Crippen LogP contribution in [-0.2, 0) is 10.2 Å². The van der Waals surface area contributed by atoms with Gasteiger partial charge in [-0.3, -0.25) is 0 Å². The molecule has 90 valence electrons. The second-order valence-corrected chi connectivity index (χ2v) is 5.65. The van der Waals surface area contributed by atoms with Crippen LogP contribution in [0.25, 0.3) is 0 Å². The maximum atomic E-state index is 11.9. The third kappa shape index (κ3) is 4.06. The highest BCUT2D eigenvalue weighted by molar-refractivity contribution is 7.87. The number of hydrogen-bond donors (Lipinski definition) is 2. The highest BCUT2D eigenvalue weighted by atomic mass is 32.2. The first-order valence-electron chi connectivity index (χ1n) is 5.51. The lowest BCUT2D eigenvalue weighted by Crippen LogP contribution is -2.48. The number of hydrogen-bond acceptors (Lipinski definition) is 3. The lowest BCUT2D eigenvalue weighted by Gasteiger charge is -2.22. The molecule has 1 heterocycles. The SMILES string of the molecule is CNC(C)NS(=O)(=O)N1CCCCCC1. The van der Waals surface area contributed by atoms with Crippen molar-refractivity contribution < 1.29 is 8.42 Å². The number of nitrogens with one attached hydrogen (secondary N) is 2. The summed E-state index contributed by atoms with van der Waals surface area (Å²) in [5, 5.41) is 2.86. The van der Waals surface area contributed by atoms with E-state index in [1.165, 1.54) is 0 Å². The topological polar surface area (TPSA) is 61.4 Å². The Morgan fingerprint density at radius 2 is 1.67 bits per heavy atom. The molecule has 1 unspecified atom stereocenters. The molecule has 0 aliphatic carbocycles. The summed E-state index contributed by atoms with van der Waals surface area (Å²) in [6.07, 6.45) is 3.98. The Kier molecular flexibility index (Phi) is 4.98. The summed E-state index contributed by atoms with van der Waals surface area (Å²) in [7, 11) is -1.57. The van der Waals surface area contributed by atoms with Crippen molar-refractivity contribution in [2.24, 2.45) is 0 Å². The molecule has 1 saturated heterocycles. The molecule has 1 aliphatic heterocycles. The molecule has 1 aliphatic rings. The van der Waals surface area contributed by atoms with Crippen LogP contribution >= 0.6 is 0 Å². The van der Waals surface area contributed by atoms with Crippen molar-refractivity contribution >= 4 is 10.2 Å². The van der Waals surface area contributed by atoms with E-state index in [1.54, 1.807) is 18.3 Å². The van der Waals surface area contributed by atoms with Crippen molar-refractivity contribution in [1.29, 1.82) is 0 Å². The molecule has 0 aromatic carbocycles. The van der Waals surface area contributed by atoms with Gasteiger partial charge in [-0.2, -0.15) is 17.4 Å². The highest BCUT2D eigenvalue weighted by Crippen LogP contribution is 2.12. The van der Waals surface area contributed by atoms with Crippen molar-refractivity contribution in [3.05, 3.63) is 0 Å². The molecule has 0 aromatic heterocycles. The van der Waals surface area contributed by atoms with Gasteiger partial charge in [0.05, 0.1) is 6.17 Å². The van der Waals surface area contributed by atoms with Crippen LogP contribution in [0.15, 0.2) is 0 Å². The van der Waals surface area contributed by atoms with E-state index in [1.807, 2.05) is 0 Å². The molecule has 1 fully saturated rings. The van der Waals surface area contributed by atoms with E-state index in [0.717, 1.165) is 25.7 Å². The first kappa shape index (κ1) is 12.9. The third-order valence-electron chi connectivity index (χ3n) is 2.66. The molecule has 0 radical (unpaired) electrons. The van der Waals surface area contributed by atoms with Crippen molar-refractivity contribution in [2.45, 2.75) is 38.8 Å². The normalized spacial score (nSPS) is 22.3. The van der Waals surface area contributed by atoms with E-state index < -0.39 is 10.2 Å². The van der Waals surface area contributed by atoms with Crippen LogP contribution in [0.4, 0.5) is 0 Å². The molecule has 1 atom stereocenters. The summed E-state index contributed by atoms with van der Waals surface area (Å²) < 4.78 is 27.9. The van der Waals surface area contributed by atoms with E-state index in [4.69, 9.17) is 0 Å². The molecular formula is C9H21N3O2S. The van der Waals surface area contributed by atoms with Gasteiger partial charge in [-0.15, -0.1) is 0 Å². The molecule has 0 saturated carbocycles. The summed E-state index contributed by atoms with van der Waals surface area (Å²) >= 11 is 0. The van der Waals surface area contributed by atoms with Crippen molar-refractivity contribution in [3.63, 3.8) is 0 Å². The maximum absolute atomic E-state index is 11.9. The second kappa shape index (κ2) is 5.79. The van der Waals surface area contributed by atoms with E-state index in [0.29, 0.717) is 13.1 Å². The summed E-state index contributed by atoms with van der Waals surface area (Å²) in [4.78, 5) is 0. The van der Waals surface area contributed by atoms with Gasteiger partial charge in [0.2, 0.25) is 0 Å². The Morgan fingerprint density at radius 3 is 2.13 bits per heavy atom. The van der Waals surface area contributed by atoms with Crippen LogP contribution in [0.2, 0.25) is 0 Å². The fourth-order valence-electron chi connectivity index (χ4n) is 1.64. The van der Waals surface area contributed by atoms with E-state index in [-0.39, 0.29) is 6.17 Å². The van der Waals surface area contributed by atoms with Crippen molar-refractivity contribution in [1.82, 2.24) is 14.3 Å². The zero-order valence-electron chi connectivity index (χ0n) is 9.49. The van der Waals surface area contributed by atoms with Crippen LogP contribution in [0.1, 0.15) is 32.6 Å². The van der Waals surface area contributed by atoms with Gasteiger partial charge in [-0.05, 0) is 26.8 Å². The summed E-state index contributed by atoms with van der Waals surface area (Å²) in [6.45, 7) is 3.08. The Hall–Kier alpha value is -0.170. The Bertz CT molecular complexity index is 271. The average molecular weight is 235 g/mol. The van der Waals surface area contributed by atoms with Crippen LogP contribution in [0.5, 0.6) is 0 Å². The molecule has 5 nitrogen and oxygen atoms in total. The van der Waals surface area contributed by atoms with Gasteiger partial charge in [-0.1, -0.05) is 12.8 Å². The Morgan fingerprint density at radius 1 is 1.13 bits per heavy atom. The number of rotatable bonds is 4. The predicted octanol–water partition coefficient (Wildman–Crippen LogP) is 0.262. The molecule has 0 amide bonds. The molecule has 15 heavy (non-hydrogen) atoms. The van der Waals surface area contributed by atoms with E-state index >= 15 is 0 Å². The molecule has 0 bridgehead atoms. The quantitative estimate of drug-likeness (QED) is 0.687. The fraction of sp³-hybridized carbons (Fsp3) is 1.00. The zero-order chi connectivity index (χ0) is 11.3.